The van der Waals surface area contributed by atoms with Gasteiger partial charge in [0.05, 0.1) is 19.3 Å². The summed E-state index contributed by atoms with van der Waals surface area (Å²) in [6.07, 6.45) is -0.426. The second-order valence-corrected chi connectivity index (χ2v) is 9.13. The summed E-state index contributed by atoms with van der Waals surface area (Å²) in [5.74, 6) is -0.545. The molecular formula is C20H29BBrNO6. The standard InChI is InChI=1S/C20H29BBrNO6/c1-19(2,3)28-18(25)23-16(17(24)26-6)10-13-8-7-9-15(14(13)11-22)21-27-12-20(4,5)29-21/h7-9,16H,10-12H2,1-6H3,(H,23,25)/t16-/m0/s1. The van der Waals surface area contributed by atoms with Gasteiger partial charge in [0.25, 0.3) is 0 Å². The molecule has 0 unspecified atom stereocenters. The zero-order valence-electron chi connectivity index (χ0n) is 17.8. The third-order valence-electron chi connectivity index (χ3n) is 4.31. The van der Waals surface area contributed by atoms with Crippen LogP contribution in [0.25, 0.3) is 0 Å². The molecule has 0 spiro atoms. The molecule has 1 atom stereocenters. The van der Waals surface area contributed by atoms with E-state index in [-0.39, 0.29) is 12.0 Å². The minimum Gasteiger partial charge on any atom is -0.467 e. The van der Waals surface area contributed by atoms with Crippen molar-refractivity contribution < 1.29 is 28.4 Å². The van der Waals surface area contributed by atoms with E-state index in [0.717, 1.165) is 16.6 Å². The van der Waals surface area contributed by atoms with Crippen molar-refractivity contribution in [1.29, 1.82) is 0 Å². The van der Waals surface area contributed by atoms with Crippen LogP contribution >= 0.6 is 15.9 Å². The maximum atomic E-state index is 12.3. The molecule has 1 heterocycles. The van der Waals surface area contributed by atoms with Crippen molar-refractivity contribution in [1.82, 2.24) is 5.32 Å². The Hall–Kier alpha value is -1.58. The molecule has 9 heteroatoms. The van der Waals surface area contributed by atoms with Gasteiger partial charge in [-0.25, -0.2) is 9.59 Å². The van der Waals surface area contributed by atoms with Gasteiger partial charge < -0.3 is 24.1 Å². The molecule has 160 valence electrons. The second kappa shape index (κ2) is 9.49. The number of nitrogens with one attached hydrogen (secondary N) is 1. The van der Waals surface area contributed by atoms with E-state index in [4.69, 9.17) is 18.8 Å². The van der Waals surface area contributed by atoms with E-state index < -0.39 is 30.8 Å². The summed E-state index contributed by atoms with van der Waals surface area (Å²) in [4.78, 5) is 24.5. The quantitative estimate of drug-likeness (QED) is 0.391. The highest BCUT2D eigenvalue weighted by atomic mass is 79.9. The van der Waals surface area contributed by atoms with Crippen LogP contribution in [0.5, 0.6) is 0 Å². The molecule has 2 rings (SSSR count). The number of ether oxygens (including phenoxy) is 2. The summed E-state index contributed by atoms with van der Waals surface area (Å²) >= 11 is 3.53. The highest BCUT2D eigenvalue weighted by Crippen LogP contribution is 2.22. The van der Waals surface area contributed by atoms with Gasteiger partial charge in [0.2, 0.25) is 0 Å². The molecule has 0 bridgehead atoms. The third-order valence-corrected chi connectivity index (χ3v) is 4.87. The fraction of sp³-hybridized carbons (Fsp3) is 0.600. The first-order valence-electron chi connectivity index (χ1n) is 9.49. The molecule has 0 saturated carbocycles. The summed E-state index contributed by atoms with van der Waals surface area (Å²) in [7, 11) is 0.809. The van der Waals surface area contributed by atoms with E-state index in [1.165, 1.54) is 7.11 Å². The largest absolute Gasteiger partial charge is 0.494 e. The van der Waals surface area contributed by atoms with Gasteiger partial charge in [0.15, 0.2) is 0 Å². The smallest absolute Gasteiger partial charge is 0.467 e. The highest BCUT2D eigenvalue weighted by Gasteiger charge is 2.39. The number of methoxy groups -OCH3 is 1. The van der Waals surface area contributed by atoms with Gasteiger partial charge in [-0.3, -0.25) is 0 Å². The van der Waals surface area contributed by atoms with Crippen LogP contribution in [-0.4, -0.2) is 50.1 Å². The van der Waals surface area contributed by atoms with E-state index >= 15 is 0 Å². The molecular weight excluding hydrogens is 441 g/mol. The molecule has 7 nitrogen and oxygen atoms in total. The number of alkyl halides is 1. The Labute approximate surface area is 181 Å². The molecule has 1 aromatic carbocycles. The summed E-state index contributed by atoms with van der Waals surface area (Å²) in [6.45, 7) is 9.72. The average Bonchev–Trinajstić information content (AvgIpc) is 2.98. The van der Waals surface area contributed by atoms with Crippen LogP contribution in [0.3, 0.4) is 0 Å². The Bertz CT molecular complexity index is 749. The maximum Gasteiger partial charge on any atom is 0.494 e. The molecule has 1 aromatic rings. The van der Waals surface area contributed by atoms with E-state index in [1.54, 1.807) is 20.8 Å². The van der Waals surface area contributed by atoms with Crippen LogP contribution in [0, 0.1) is 0 Å². The summed E-state index contributed by atoms with van der Waals surface area (Å²) in [6, 6.07) is 4.86. The van der Waals surface area contributed by atoms with E-state index in [0.29, 0.717) is 11.9 Å². The van der Waals surface area contributed by atoms with Crippen molar-refractivity contribution in [3.8, 4) is 0 Å². The number of carbonyl (C=O) groups is 2. The third kappa shape index (κ3) is 6.72. The minimum absolute atomic E-state index is 0.247. The molecule has 1 fully saturated rings. The topological polar surface area (TPSA) is 83.1 Å². The first-order chi connectivity index (χ1) is 13.5. The summed E-state index contributed by atoms with van der Waals surface area (Å²) < 4.78 is 22.0. The SMILES string of the molecule is COC(=O)[C@H](Cc1cccc(B2OCC(C)(C)O2)c1CBr)NC(=O)OC(C)(C)C. The van der Waals surface area contributed by atoms with Crippen LogP contribution in [0.2, 0.25) is 0 Å². The Morgan fingerprint density at radius 2 is 2.03 bits per heavy atom. The number of hydrogen-bond donors (Lipinski definition) is 1. The van der Waals surface area contributed by atoms with Gasteiger partial charge in [-0.2, -0.15) is 0 Å². The Morgan fingerprint density at radius 1 is 1.34 bits per heavy atom. The normalized spacial score (nSPS) is 17.0. The number of hydrogen-bond acceptors (Lipinski definition) is 6. The molecule has 1 aliphatic rings. The molecule has 1 saturated heterocycles. The van der Waals surface area contributed by atoms with Gasteiger partial charge in [-0.1, -0.05) is 34.1 Å². The predicted molar refractivity (Wildman–Crippen MR) is 114 cm³/mol. The molecule has 29 heavy (non-hydrogen) atoms. The lowest BCUT2D eigenvalue weighted by Gasteiger charge is -2.23. The van der Waals surface area contributed by atoms with Crippen LogP contribution in [0.1, 0.15) is 45.7 Å². The predicted octanol–water partition coefficient (Wildman–Crippen LogP) is 2.71. The zero-order chi connectivity index (χ0) is 21.8. The highest BCUT2D eigenvalue weighted by molar-refractivity contribution is 9.08. The van der Waals surface area contributed by atoms with Crippen LogP contribution in [0.15, 0.2) is 18.2 Å². The van der Waals surface area contributed by atoms with Crippen LogP contribution in [0.4, 0.5) is 4.79 Å². The molecule has 0 aromatic heterocycles. The van der Waals surface area contributed by atoms with Crippen molar-refractivity contribution in [2.45, 2.75) is 63.6 Å². The van der Waals surface area contributed by atoms with E-state index in [9.17, 15) is 9.59 Å². The monoisotopic (exact) mass is 469 g/mol. The number of carbonyl (C=O) groups excluding carboxylic acids is 2. The summed E-state index contributed by atoms with van der Waals surface area (Å²) in [5, 5.41) is 3.16. The number of esters is 1. The maximum absolute atomic E-state index is 12.3. The molecule has 0 aliphatic carbocycles. The first-order valence-corrected chi connectivity index (χ1v) is 10.6. The zero-order valence-corrected chi connectivity index (χ0v) is 19.4. The lowest BCUT2D eigenvalue weighted by atomic mass is 9.74. The molecule has 1 aliphatic heterocycles. The van der Waals surface area contributed by atoms with Gasteiger partial charge in [0, 0.05) is 11.8 Å². The van der Waals surface area contributed by atoms with Gasteiger partial charge in [-0.15, -0.1) is 0 Å². The van der Waals surface area contributed by atoms with Crippen molar-refractivity contribution in [2.75, 3.05) is 13.7 Å². The number of benzene rings is 1. The Balaban J connectivity index is 2.25. The van der Waals surface area contributed by atoms with Crippen molar-refractivity contribution in [2.24, 2.45) is 0 Å². The average molecular weight is 470 g/mol. The number of rotatable bonds is 6. The fourth-order valence-corrected chi connectivity index (χ4v) is 3.71. The first kappa shape index (κ1) is 23.7. The second-order valence-electron chi connectivity index (χ2n) is 8.57. The number of halogens is 1. The van der Waals surface area contributed by atoms with Crippen molar-refractivity contribution in [3.63, 3.8) is 0 Å². The lowest BCUT2D eigenvalue weighted by Crippen LogP contribution is -2.45. The van der Waals surface area contributed by atoms with Crippen molar-refractivity contribution >= 4 is 40.6 Å². The summed E-state index contributed by atoms with van der Waals surface area (Å²) in [5.41, 5.74) is 1.69. The van der Waals surface area contributed by atoms with E-state index in [1.807, 2.05) is 32.0 Å². The minimum atomic E-state index is -0.884. The lowest BCUT2D eigenvalue weighted by molar-refractivity contribution is -0.143. The number of alkyl carbamates (subject to hydrolysis) is 1. The molecule has 0 radical (unpaired) electrons. The Kier molecular flexibility index (Phi) is 7.76. The van der Waals surface area contributed by atoms with Gasteiger partial charge in [-0.05, 0) is 51.2 Å². The van der Waals surface area contributed by atoms with Crippen molar-refractivity contribution in [3.05, 3.63) is 29.3 Å². The number of amides is 1. The Morgan fingerprint density at radius 3 is 2.55 bits per heavy atom. The van der Waals surface area contributed by atoms with Gasteiger partial charge >= 0.3 is 19.2 Å². The molecule has 1 N–H and O–H groups in total. The van der Waals surface area contributed by atoms with Gasteiger partial charge in [0.1, 0.15) is 11.6 Å². The van der Waals surface area contributed by atoms with Crippen LogP contribution < -0.4 is 10.8 Å². The van der Waals surface area contributed by atoms with E-state index in [2.05, 4.69) is 21.2 Å². The van der Waals surface area contributed by atoms with Crippen LogP contribution in [-0.2, 0) is 35.3 Å². The fourth-order valence-electron chi connectivity index (χ4n) is 3.02. The molecule has 1 amide bonds.